The molecule has 0 radical (unpaired) electrons. The molecule has 112 valence electrons. The van der Waals surface area contributed by atoms with Gasteiger partial charge >= 0.3 is 0 Å². The van der Waals surface area contributed by atoms with Crippen LogP contribution in [0.2, 0.25) is 0 Å². The van der Waals surface area contributed by atoms with Crippen LogP contribution >= 0.6 is 0 Å². The summed E-state index contributed by atoms with van der Waals surface area (Å²) in [6.45, 7) is 3.32. The summed E-state index contributed by atoms with van der Waals surface area (Å²) in [5, 5.41) is 6.88. The van der Waals surface area contributed by atoms with Gasteiger partial charge in [-0.15, -0.1) is 0 Å². The molecule has 2 aromatic rings. The van der Waals surface area contributed by atoms with E-state index in [1.165, 1.54) is 37.8 Å². The van der Waals surface area contributed by atoms with Crippen molar-refractivity contribution in [1.82, 2.24) is 0 Å². The molecule has 0 aliphatic heterocycles. The molecule has 2 nitrogen and oxygen atoms in total. The Bertz CT molecular complexity index is 491. The van der Waals surface area contributed by atoms with Gasteiger partial charge < -0.3 is 10.6 Å². The number of anilines is 3. The average molecular weight is 282 g/mol. The Labute approximate surface area is 128 Å². The second kappa shape index (κ2) is 9.06. The van der Waals surface area contributed by atoms with Crippen LogP contribution < -0.4 is 10.6 Å². The van der Waals surface area contributed by atoms with Gasteiger partial charge in [0.2, 0.25) is 0 Å². The molecule has 0 saturated heterocycles. The number of nitrogens with one attached hydrogen (secondary N) is 2. The van der Waals surface area contributed by atoms with Gasteiger partial charge in [-0.05, 0) is 42.8 Å². The molecule has 0 aromatic heterocycles. The standard InChI is InChI=1S/C19H26N2/c1-2-3-4-5-9-16-20-17-12-14-19(15-13-17)21-18-10-7-6-8-11-18/h6-8,10-15,20-21H,2-5,9,16H2,1H3. The summed E-state index contributed by atoms with van der Waals surface area (Å²) < 4.78 is 0. The molecule has 0 heterocycles. The van der Waals surface area contributed by atoms with Crippen LogP contribution in [0.3, 0.4) is 0 Å². The van der Waals surface area contributed by atoms with Crippen LogP contribution in [-0.2, 0) is 0 Å². The minimum Gasteiger partial charge on any atom is -0.385 e. The van der Waals surface area contributed by atoms with Gasteiger partial charge in [0, 0.05) is 23.6 Å². The molecule has 0 fully saturated rings. The maximum absolute atomic E-state index is 3.48. The summed E-state index contributed by atoms with van der Waals surface area (Å²) in [6, 6.07) is 18.8. The summed E-state index contributed by atoms with van der Waals surface area (Å²) in [6.07, 6.45) is 6.61. The minimum atomic E-state index is 1.06. The van der Waals surface area contributed by atoms with Gasteiger partial charge in [-0.2, -0.15) is 0 Å². The van der Waals surface area contributed by atoms with E-state index in [1.807, 2.05) is 18.2 Å². The number of rotatable bonds is 9. The lowest BCUT2D eigenvalue weighted by molar-refractivity contribution is 0.645. The van der Waals surface area contributed by atoms with E-state index in [0.717, 1.165) is 17.9 Å². The summed E-state index contributed by atoms with van der Waals surface area (Å²) in [7, 11) is 0. The zero-order valence-electron chi connectivity index (χ0n) is 12.9. The zero-order valence-corrected chi connectivity index (χ0v) is 12.9. The number of hydrogen-bond donors (Lipinski definition) is 2. The van der Waals surface area contributed by atoms with Crippen molar-refractivity contribution in [3.63, 3.8) is 0 Å². The molecule has 21 heavy (non-hydrogen) atoms. The van der Waals surface area contributed by atoms with Crippen LogP contribution in [0.4, 0.5) is 17.1 Å². The van der Waals surface area contributed by atoms with Crippen molar-refractivity contribution in [3.05, 3.63) is 54.6 Å². The zero-order chi connectivity index (χ0) is 14.8. The topological polar surface area (TPSA) is 24.1 Å². The van der Waals surface area contributed by atoms with Crippen molar-refractivity contribution in [2.75, 3.05) is 17.2 Å². The molecule has 2 rings (SSSR count). The first kappa shape index (κ1) is 15.4. The summed E-state index contributed by atoms with van der Waals surface area (Å²) in [4.78, 5) is 0. The first-order chi connectivity index (χ1) is 10.4. The monoisotopic (exact) mass is 282 g/mol. The SMILES string of the molecule is CCCCCCCNc1ccc(Nc2ccccc2)cc1. The van der Waals surface area contributed by atoms with Gasteiger partial charge in [0.15, 0.2) is 0 Å². The summed E-state index contributed by atoms with van der Waals surface area (Å²) in [5.41, 5.74) is 3.44. The van der Waals surface area contributed by atoms with Crippen LogP contribution in [0.1, 0.15) is 39.0 Å². The fraction of sp³-hybridized carbons (Fsp3) is 0.368. The van der Waals surface area contributed by atoms with Gasteiger partial charge in [-0.3, -0.25) is 0 Å². The van der Waals surface area contributed by atoms with Crippen LogP contribution in [0.15, 0.2) is 54.6 Å². The lowest BCUT2D eigenvalue weighted by atomic mass is 10.1. The third kappa shape index (κ3) is 5.90. The highest BCUT2D eigenvalue weighted by Gasteiger charge is 1.95. The van der Waals surface area contributed by atoms with Crippen LogP contribution in [0.25, 0.3) is 0 Å². The molecule has 0 aliphatic carbocycles. The lowest BCUT2D eigenvalue weighted by Gasteiger charge is -2.09. The molecule has 0 aliphatic rings. The largest absolute Gasteiger partial charge is 0.385 e. The van der Waals surface area contributed by atoms with Gasteiger partial charge in [-0.1, -0.05) is 50.8 Å². The normalized spacial score (nSPS) is 10.3. The fourth-order valence-corrected chi connectivity index (χ4v) is 2.32. The Morgan fingerprint density at radius 2 is 1.29 bits per heavy atom. The van der Waals surface area contributed by atoms with Crippen molar-refractivity contribution in [2.45, 2.75) is 39.0 Å². The van der Waals surface area contributed by atoms with Crippen molar-refractivity contribution in [3.8, 4) is 0 Å². The summed E-state index contributed by atoms with van der Waals surface area (Å²) in [5.74, 6) is 0. The van der Waals surface area contributed by atoms with E-state index in [4.69, 9.17) is 0 Å². The molecule has 0 spiro atoms. The first-order valence-electron chi connectivity index (χ1n) is 8.04. The van der Waals surface area contributed by atoms with Crippen molar-refractivity contribution >= 4 is 17.1 Å². The van der Waals surface area contributed by atoms with E-state index in [-0.39, 0.29) is 0 Å². The number of hydrogen-bond acceptors (Lipinski definition) is 2. The Morgan fingerprint density at radius 1 is 0.667 bits per heavy atom. The van der Waals surface area contributed by atoms with Crippen LogP contribution in [-0.4, -0.2) is 6.54 Å². The Morgan fingerprint density at radius 3 is 2.00 bits per heavy atom. The van der Waals surface area contributed by atoms with E-state index in [9.17, 15) is 0 Å². The average Bonchev–Trinajstić information content (AvgIpc) is 2.53. The molecule has 0 bridgehead atoms. The third-order valence-corrected chi connectivity index (χ3v) is 3.56. The second-order valence-corrected chi connectivity index (χ2v) is 5.41. The maximum atomic E-state index is 3.48. The lowest BCUT2D eigenvalue weighted by Crippen LogP contribution is -2.01. The van der Waals surface area contributed by atoms with Gasteiger partial charge in [0.25, 0.3) is 0 Å². The first-order valence-corrected chi connectivity index (χ1v) is 8.04. The second-order valence-electron chi connectivity index (χ2n) is 5.41. The van der Waals surface area contributed by atoms with E-state index < -0.39 is 0 Å². The van der Waals surface area contributed by atoms with E-state index in [2.05, 4.69) is 54.0 Å². The predicted octanol–water partition coefficient (Wildman–Crippen LogP) is 5.81. The van der Waals surface area contributed by atoms with Crippen molar-refractivity contribution in [2.24, 2.45) is 0 Å². The van der Waals surface area contributed by atoms with E-state index >= 15 is 0 Å². The van der Waals surface area contributed by atoms with E-state index in [1.54, 1.807) is 0 Å². The fourth-order valence-electron chi connectivity index (χ4n) is 2.32. The molecule has 0 atom stereocenters. The highest BCUT2D eigenvalue weighted by Crippen LogP contribution is 2.18. The molecular weight excluding hydrogens is 256 g/mol. The minimum absolute atomic E-state index is 1.06. The number of unbranched alkanes of at least 4 members (excludes halogenated alkanes) is 4. The highest BCUT2D eigenvalue weighted by atomic mass is 14.9. The highest BCUT2D eigenvalue weighted by molar-refractivity contribution is 5.62. The molecule has 2 N–H and O–H groups in total. The molecule has 2 aromatic carbocycles. The predicted molar refractivity (Wildman–Crippen MR) is 93.4 cm³/mol. The molecular formula is C19H26N2. The van der Waals surface area contributed by atoms with Gasteiger partial charge in [0.1, 0.15) is 0 Å². The smallest absolute Gasteiger partial charge is 0.0385 e. The Kier molecular flexibility index (Phi) is 6.66. The van der Waals surface area contributed by atoms with Crippen LogP contribution in [0, 0.1) is 0 Å². The van der Waals surface area contributed by atoms with E-state index in [0.29, 0.717) is 0 Å². The molecule has 0 unspecified atom stereocenters. The maximum Gasteiger partial charge on any atom is 0.0385 e. The Balaban J connectivity index is 1.72. The van der Waals surface area contributed by atoms with Crippen LogP contribution in [0.5, 0.6) is 0 Å². The molecule has 2 heteroatoms. The molecule has 0 saturated carbocycles. The summed E-state index contributed by atoms with van der Waals surface area (Å²) >= 11 is 0. The van der Waals surface area contributed by atoms with Gasteiger partial charge in [0.05, 0.1) is 0 Å². The Hall–Kier alpha value is -1.96. The number of benzene rings is 2. The van der Waals surface area contributed by atoms with Crippen molar-refractivity contribution in [1.29, 1.82) is 0 Å². The number of para-hydroxylation sites is 1. The van der Waals surface area contributed by atoms with Crippen molar-refractivity contribution < 1.29 is 0 Å². The quantitative estimate of drug-likeness (QED) is 0.567. The van der Waals surface area contributed by atoms with Gasteiger partial charge in [-0.25, -0.2) is 0 Å². The molecule has 0 amide bonds. The third-order valence-electron chi connectivity index (χ3n) is 3.56.